The van der Waals surface area contributed by atoms with Gasteiger partial charge >= 0.3 is 11.8 Å². The molecule has 12 heteroatoms. The fourth-order valence-electron chi connectivity index (χ4n) is 3.02. The lowest BCUT2D eigenvalue weighted by molar-refractivity contribution is -0.136. The van der Waals surface area contributed by atoms with Crippen LogP contribution in [0.2, 0.25) is 10.0 Å². The third-order valence-electron chi connectivity index (χ3n) is 4.79. The summed E-state index contributed by atoms with van der Waals surface area (Å²) >= 11 is 12.2. The van der Waals surface area contributed by atoms with Crippen molar-refractivity contribution >= 4 is 58.5 Å². The average Bonchev–Trinajstić information content (AvgIpc) is 2.93. The van der Waals surface area contributed by atoms with E-state index in [-0.39, 0.29) is 23.1 Å². The van der Waals surface area contributed by atoms with E-state index in [1.165, 1.54) is 25.5 Å². The van der Waals surface area contributed by atoms with Gasteiger partial charge in [0.1, 0.15) is 12.4 Å². The zero-order valence-corrected chi connectivity index (χ0v) is 22.2. The molecule has 0 radical (unpaired) electrons. The number of hydrogen-bond acceptors (Lipinski definition) is 7. The second-order valence-corrected chi connectivity index (χ2v) is 8.50. The Kier molecular flexibility index (Phi) is 10.7. The Labute approximate surface area is 234 Å². The van der Waals surface area contributed by atoms with E-state index in [0.29, 0.717) is 34.3 Å². The van der Waals surface area contributed by atoms with Gasteiger partial charge in [-0.1, -0.05) is 35.9 Å². The van der Waals surface area contributed by atoms with Crippen LogP contribution in [0.15, 0.2) is 78.4 Å². The van der Waals surface area contributed by atoms with E-state index in [1.807, 2.05) is 0 Å². The van der Waals surface area contributed by atoms with Crippen LogP contribution in [-0.4, -0.2) is 44.3 Å². The first-order valence-corrected chi connectivity index (χ1v) is 12.1. The van der Waals surface area contributed by atoms with Crippen LogP contribution in [0.25, 0.3) is 0 Å². The molecule has 0 bridgehead atoms. The fourth-order valence-corrected chi connectivity index (χ4v) is 3.42. The number of methoxy groups -OCH3 is 1. The Morgan fingerprint density at radius 3 is 2.26 bits per heavy atom. The molecule has 3 rings (SSSR count). The minimum Gasteiger partial charge on any atom is -0.493 e. The molecule has 0 aliphatic carbocycles. The second-order valence-electron chi connectivity index (χ2n) is 7.66. The average molecular weight is 571 g/mol. The predicted molar refractivity (Wildman–Crippen MR) is 150 cm³/mol. The Hall–Kier alpha value is -4.54. The molecule has 0 unspecified atom stereocenters. The largest absolute Gasteiger partial charge is 0.493 e. The normalized spacial score (nSPS) is 10.4. The predicted octanol–water partition coefficient (Wildman–Crippen LogP) is 4.67. The van der Waals surface area contributed by atoms with Crippen LogP contribution in [0.4, 0.5) is 11.4 Å². The van der Waals surface area contributed by atoms with Gasteiger partial charge in [0.05, 0.1) is 18.3 Å². The van der Waals surface area contributed by atoms with Crippen LogP contribution in [-0.2, 0) is 14.4 Å². The Morgan fingerprint density at radius 2 is 1.59 bits per heavy atom. The van der Waals surface area contributed by atoms with Gasteiger partial charge in [-0.25, -0.2) is 5.43 Å². The van der Waals surface area contributed by atoms with Crippen molar-refractivity contribution in [2.45, 2.75) is 0 Å². The van der Waals surface area contributed by atoms with Gasteiger partial charge in [0.2, 0.25) is 0 Å². The summed E-state index contributed by atoms with van der Waals surface area (Å²) in [6, 6.07) is 16.1. The lowest BCUT2D eigenvalue weighted by Gasteiger charge is -2.13. The molecule has 3 amide bonds. The van der Waals surface area contributed by atoms with Crippen LogP contribution in [0.5, 0.6) is 17.2 Å². The molecule has 3 aromatic carbocycles. The van der Waals surface area contributed by atoms with Crippen molar-refractivity contribution in [3.8, 4) is 17.2 Å². The van der Waals surface area contributed by atoms with Crippen molar-refractivity contribution in [1.29, 1.82) is 0 Å². The Bertz CT molecular complexity index is 1360. The quantitative estimate of drug-likeness (QED) is 0.133. The molecular weight excluding hydrogens is 547 g/mol. The van der Waals surface area contributed by atoms with Crippen molar-refractivity contribution < 1.29 is 28.6 Å². The van der Waals surface area contributed by atoms with Gasteiger partial charge in [0.25, 0.3) is 5.91 Å². The number of nitrogens with zero attached hydrogens (tertiary/aromatic N) is 1. The topological polar surface area (TPSA) is 127 Å². The number of hydrazone groups is 1. The number of carbonyl (C=O) groups excluding carboxylic acids is 3. The number of rotatable bonds is 11. The summed E-state index contributed by atoms with van der Waals surface area (Å²) in [5.74, 6) is -1.35. The van der Waals surface area contributed by atoms with E-state index in [4.69, 9.17) is 37.4 Å². The first kappa shape index (κ1) is 29.0. The highest BCUT2D eigenvalue weighted by molar-refractivity contribution is 6.39. The minimum absolute atomic E-state index is 0.139. The van der Waals surface area contributed by atoms with E-state index in [9.17, 15) is 14.4 Å². The van der Waals surface area contributed by atoms with E-state index in [1.54, 1.807) is 54.6 Å². The lowest BCUT2D eigenvalue weighted by Crippen LogP contribution is -2.32. The Morgan fingerprint density at radius 1 is 0.923 bits per heavy atom. The van der Waals surface area contributed by atoms with E-state index < -0.39 is 17.7 Å². The summed E-state index contributed by atoms with van der Waals surface area (Å²) < 4.78 is 16.2. The smallest absolute Gasteiger partial charge is 0.329 e. The molecule has 0 heterocycles. The molecule has 0 aliphatic heterocycles. The summed E-state index contributed by atoms with van der Waals surface area (Å²) in [5.41, 5.74) is 3.53. The van der Waals surface area contributed by atoms with E-state index >= 15 is 0 Å². The maximum atomic E-state index is 12.2. The molecule has 202 valence electrons. The number of amides is 3. The van der Waals surface area contributed by atoms with Gasteiger partial charge in [-0.05, 0) is 66.2 Å². The lowest BCUT2D eigenvalue weighted by atomic mass is 10.2. The monoisotopic (exact) mass is 570 g/mol. The molecule has 0 aromatic heterocycles. The third kappa shape index (κ3) is 9.06. The first-order valence-electron chi connectivity index (χ1n) is 11.3. The highest BCUT2D eigenvalue weighted by atomic mass is 35.5. The van der Waals surface area contributed by atoms with E-state index in [2.05, 4.69) is 27.7 Å². The molecule has 0 fully saturated rings. The third-order valence-corrected chi connectivity index (χ3v) is 5.33. The van der Waals surface area contributed by atoms with E-state index in [0.717, 1.165) is 0 Å². The van der Waals surface area contributed by atoms with Gasteiger partial charge in [0, 0.05) is 16.4 Å². The minimum atomic E-state index is -0.983. The number of ether oxygens (including phenoxy) is 3. The van der Waals surface area contributed by atoms with Crippen LogP contribution in [0.3, 0.4) is 0 Å². The number of hydrogen-bond donors (Lipinski definition) is 3. The van der Waals surface area contributed by atoms with Crippen LogP contribution >= 0.6 is 23.2 Å². The SMILES string of the molecule is C=CCOc1ccc(NC(=O)C(=O)N/N=C\c2cc(Cl)c(OCC(=O)Nc3ccc(Cl)cc3)c(OC)c2)cc1. The van der Waals surface area contributed by atoms with Crippen molar-refractivity contribution in [1.82, 2.24) is 5.43 Å². The van der Waals surface area contributed by atoms with Crippen LogP contribution in [0, 0.1) is 0 Å². The molecule has 10 nitrogen and oxygen atoms in total. The summed E-state index contributed by atoms with van der Waals surface area (Å²) in [4.78, 5) is 36.5. The number of anilines is 2. The molecule has 0 spiro atoms. The summed E-state index contributed by atoms with van der Waals surface area (Å²) in [7, 11) is 1.40. The summed E-state index contributed by atoms with van der Waals surface area (Å²) in [6.07, 6.45) is 2.88. The highest BCUT2D eigenvalue weighted by Gasteiger charge is 2.15. The molecule has 0 aliphatic rings. The first-order chi connectivity index (χ1) is 18.8. The van der Waals surface area contributed by atoms with Crippen molar-refractivity contribution in [2.75, 3.05) is 31.0 Å². The zero-order chi connectivity index (χ0) is 28.2. The van der Waals surface area contributed by atoms with Gasteiger partial charge in [-0.15, -0.1) is 0 Å². The van der Waals surface area contributed by atoms with Crippen molar-refractivity contribution in [3.05, 3.63) is 88.9 Å². The molecule has 0 atom stereocenters. The number of carbonyl (C=O) groups is 3. The van der Waals surface area contributed by atoms with Crippen molar-refractivity contribution in [2.24, 2.45) is 5.10 Å². The van der Waals surface area contributed by atoms with Crippen LogP contribution in [0.1, 0.15) is 5.56 Å². The molecule has 3 N–H and O–H groups in total. The van der Waals surface area contributed by atoms with Crippen LogP contribution < -0.4 is 30.3 Å². The molecule has 39 heavy (non-hydrogen) atoms. The molecule has 0 saturated carbocycles. The van der Waals surface area contributed by atoms with Gasteiger partial charge in [-0.2, -0.15) is 5.10 Å². The second kappa shape index (κ2) is 14.4. The van der Waals surface area contributed by atoms with Gasteiger partial charge < -0.3 is 24.8 Å². The zero-order valence-electron chi connectivity index (χ0n) is 20.7. The maximum absolute atomic E-state index is 12.2. The number of halogens is 2. The highest BCUT2D eigenvalue weighted by Crippen LogP contribution is 2.36. The van der Waals surface area contributed by atoms with Gasteiger partial charge in [0.15, 0.2) is 18.1 Å². The number of nitrogens with one attached hydrogen (secondary N) is 3. The number of benzene rings is 3. The fraction of sp³-hybridized carbons (Fsp3) is 0.111. The van der Waals surface area contributed by atoms with Crippen molar-refractivity contribution in [3.63, 3.8) is 0 Å². The summed E-state index contributed by atoms with van der Waals surface area (Å²) in [6.45, 7) is 3.58. The molecule has 3 aromatic rings. The maximum Gasteiger partial charge on any atom is 0.329 e. The Balaban J connectivity index is 1.54. The molecule has 0 saturated heterocycles. The molecular formula is C27H24Cl2N4O6. The van der Waals surface area contributed by atoms with Gasteiger partial charge in [-0.3, -0.25) is 14.4 Å². The summed E-state index contributed by atoms with van der Waals surface area (Å²) in [5, 5.41) is 9.59. The standard InChI is InChI=1S/C27H24Cl2N4O6/c1-3-12-38-21-10-8-20(9-11-21)32-26(35)27(36)33-30-15-17-13-22(29)25(23(14-17)37-2)39-16-24(34)31-19-6-4-18(28)5-7-19/h3-11,13-15H,1,12,16H2,2H3,(H,31,34)(H,32,35)(H,33,36)/b30-15-.